The van der Waals surface area contributed by atoms with Gasteiger partial charge in [0.05, 0.1) is 12.3 Å². The molecule has 1 amide bonds. The average Bonchev–Trinajstić information content (AvgIpc) is 3.41. The lowest BCUT2D eigenvalue weighted by molar-refractivity contribution is 0.0996. The summed E-state index contributed by atoms with van der Waals surface area (Å²) in [7, 11) is 2.16. The highest BCUT2D eigenvalue weighted by molar-refractivity contribution is 7.16. The number of furan rings is 1. The zero-order valence-electron chi connectivity index (χ0n) is 16.8. The van der Waals surface area contributed by atoms with Crippen molar-refractivity contribution >= 4 is 22.2 Å². The molecule has 3 aromatic rings. The van der Waals surface area contributed by atoms with Crippen LogP contribution in [0.2, 0.25) is 0 Å². The van der Waals surface area contributed by atoms with Gasteiger partial charge < -0.3 is 14.6 Å². The molecule has 1 fully saturated rings. The van der Waals surface area contributed by atoms with Crippen molar-refractivity contribution in [2.75, 3.05) is 38.5 Å². The monoisotopic (exact) mass is 410 g/mol. The Hall–Kier alpha value is -2.48. The maximum absolute atomic E-state index is 12.7. The summed E-state index contributed by atoms with van der Waals surface area (Å²) in [6, 6.07) is 9.88. The Balaban J connectivity index is 1.71. The minimum Gasteiger partial charge on any atom is -0.459 e. The lowest BCUT2D eigenvalue weighted by Crippen LogP contribution is -2.46. The van der Waals surface area contributed by atoms with Gasteiger partial charge in [-0.3, -0.25) is 14.7 Å². The van der Waals surface area contributed by atoms with Crippen LogP contribution in [0, 0.1) is 0 Å². The van der Waals surface area contributed by atoms with E-state index in [4.69, 9.17) is 4.42 Å². The second-order valence-corrected chi connectivity index (χ2v) is 8.44. The fourth-order valence-electron chi connectivity index (χ4n) is 3.72. The molecule has 1 N–H and O–H groups in total. The van der Waals surface area contributed by atoms with Gasteiger partial charge in [0.2, 0.25) is 0 Å². The number of pyridine rings is 1. The molecule has 152 valence electrons. The number of nitrogens with zero attached hydrogens (tertiary/aromatic N) is 3. The van der Waals surface area contributed by atoms with E-state index in [0.29, 0.717) is 5.76 Å². The number of aromatic nitrogens is 1. The lowest BCUT2D eigenvalue weighted by atomic mass is 9.98. The fraction of sp³-hybridized carbons (Fsp3) is 0.364. The highest BCUT2D eigenvalue weighted by Crippen LogP contribution is 2.39. The van der Waals surface area contributed by atoms with Gasteiger partial charge in [0, 0.05) is 49.0 Å². The van der Waals surface area contributed by atoms with E-state index in [1.165, 1.54) is 16.7 Å². The van der Waals surface area contributed by atoms with Gasteiger partial charge in [-0.25, -0.2) is 0 Å². The van der Waals surface area contributed by atoms with E-state index in [-0.39, 0.29) is 11.9 Å². The first kappa shape index (κ1) is 19.8. The lowest BCUT2D eigenvalue weighted by Gasteiger charge is -2.38. The molecule has 1 atom stereocenters. The molecule has 4 heterocycles. The van der Waals surface area contributed by atoms with Crippen molar-refractivity contribution in [1.82, 2.24) is 14.8 Å². The third-order valence-electron chi connectivity index (χ3n) is 5.35. The van der Waals surface area contributed by atoms with E-state index in [0.717, 1.165) is 43.2 Å². The molecule has 1 aliphatic heterocycles. The molecule has 0 spiro atoms. The maximum Gasteiger partial charge on any atom is 0.291 e. The first-order chi connectivity index (χ1) is 14.2. The molecule has 7 heteroatoms. The van der Waals surface area contributed by atoms with Gasteiger partial charge in [-0.2, -0.15) is 0 Å². The smallest absolute Gasteiger partial charge is 0.291 e. The topological polar surface area (TPSA) is 61.6 Å². The Bertz CT molecular complexity index is 931. The molecule has 0 radical (unpaired) electrons. The van der Waals surface area contributed by atoms with Gasteiger partial charge >= 0.3 is 0 Å². The molecular formula is C22H26N4O2S. The number of carbonyl (C=O) groups excluding carboxylic acids is 1. The van der Waals surface area contributed by atoms with Gasteiger partial charge in [-0.15, -0.1) is 11.3 Å². The maximum atomic E-state index is 12.7. The molecule has 0 aromatic carbocycles. The van der Waals surface area contributed by atoms with E-state index in [1.54, 1.807) is 23.5 Å². The zero-order valence-corrected chi connectivity index (χ0v) is 17.6. The third-order valence-corrected chi connectivity index (χ3v) is 6.56. The number of anilines is 1. The fourth-order valence-corrected chi connectivity index (χ4v) is 4.74. The minimum absolute atomic E-state index is 0.0788. The molecule has 0 bridgehead atoms. The van der Waals surface area contributed by atoms with Crippen LogP contribution in [0.1, 0.15) is 39.5 Å². The van der Waals surface area contributed by atoms with Crippen LogP contribution in [0.3, 0.4) is 0 Å². The van der Waals surface area contributed by atoms with Crippen LogP contribution in [0.15, 0.2) is 53.4 Å². The molecule has 29 heavy (non-hydrogen) atoms. The molecular weight excluding hydrogens is 384 g/mol. The van der Waals surface area contributed by atoms with Crippen molar-refractivity contribution in [2.24, 2.45) is 0 Å². The molecule has 3 aromatic heterocycles. The van der Waals surface area contributed by atoms with Crippen LogP contribution in [-0.2, 0) is 6.42 Å². The van der Waals surface area contributed by atoms with Crippen LogP contribution < -0.4 is 5.32 Å². The Labute approximate surface area is 175 Å². The van der Waals surface area contributed by atoms with E-state index in [9.17, 15) is 4.79 Å². The van der Waals surface area contributed by atoms with Gasteiger partial charge in [0.25, 0.3) is 5.91 Å². The summed E-state index contributed by atoms with van der Waals surface area (Å²) < 4.78 is 5.28. The molecule has 6 nitrogen and oxygen atoms in total. The number of amides is 1. The Morgan fingerprint density at radius 3 is 2.66 bits per heavy atom. The summed E-state index contributed by atoms with van der Waals surface area (Å²) in [6.45, 7) is 6.16. The summed E-state index contributed by atoms with van der Waals surface area (Å²) in [4.78, 5) is 23.0. The normalized spacial score (nSPS) is 16.6. The van der Waals surface area contributed by atoms with Crippen LogP contribution >= 0.6 is 11.3 Å². The summed E-state index contributed by atoms with van der Waals surface area (Å²) in [5, 5.41) is 3.99. The average molecular weight is 411 g/mol. The highest BCUT2D eigenvalue weighted by Gasteiger charge is 2.29. The minimum atomic E-state index is -0.215. The predicted molar refractivity (Wildman–Crippen MR) is 116 cm³/mol. The van der Waals surface area contributed by atoms with Crippen molar-refractivity contribution in [1.29, 1.82) is 0 Å². The van der Waals surface area contributed by atoms with Crippen molar-refractivity contribution in [2.45, 2.75) is 19.4 Å². The molecule has 0 aliphatic carbocycles. The number of piperazine rings is 1. The number of thiophene rings is 1. The SMILES string of the molecule is CCc1cc([C@H](c2ccncc2)N2CCN(C)CC2)c(NC(=O)c2ccco2)s1. The van der Waals surface area contributed by atoms with Gasteiger partial charge in [0.1, 0.15) is 5.00 Å². The molecule has 4 rings (SSSR count). The second kappa shape index (κ2) is 8.90. The Morgan fingerprint density at radius 2 is 2.00 bits per heavy atom. The second-order valence-electron chi connectivity index (χ2n) is 7.30. The van der Waals surface area contributed by atoms with Crippen LogP contribution in [-0.4, -0.2) is 53.9 Å². The van der Waals surface area contributed by atoms with Crippen LogP contribution in [0.25, 0.3) is 0 Å². The van der Waals surface area contributed by atoms with Crippen molar-refractivity contribution in [3.63, 3.8) is 0 Å². The molecule has 1 aliphatic rings. The molecule has 1 saturated heterocycles. The number of rotatable bonds is 6. The van der Waals surface area contributed by atoms with Crippen molar-refractivity contribution in [3.8, 4) is 0 Å². The Kier molecular flexibility index (Phi) is 6.08. The van der Waals surface area contributed by atoms with E-state index >= 15 is 0 Å². The third kappa shape index (κ3) is 4.42. The Morgan fingerprint density at radius 1 is 1.24 bits per heavy atom. The van der Waals surface area contributed by atoms with E-state index in [1.807, 2.05) is 12.4 Å². The van der Waals surface area contributed by atoms with E-state index < -0.39 is 0 Å². The summed E-state index contributed by atoms with van der Waals surface area (Å²) in [5.74, 6) is 0.107. The molecule has 0 saturated carbocycles. The quantitative estimate of drug-likeness (QED) is 0.668. The number of hydrogen-bond acceptors (Lipinski definition) is 6. The number of aryl methyl sites for hydroxylation is 1. The van der Waals surface area contributed by atoms with Crippen molar-refractivity contribution < 1.29 is 9.21 Å². The number of likely N-dealkylation sites (N-methyl/N-ethyl adjacent to an activating group) is 1. The first-order valence-corrected chi connectivity index (χ1v) is 10.8. The summed E-state index contributed by atoms with van der Waals surface area (Å²) in [6.07, 6.45) is 6.13. The number of hydrogen-bond donors (Lipinski definition) is 1. The molecule has 0 unspecified atom stereocenters. The standard InChI is InChI=1S/C22H26N4O2S/c1-3-17-15-18(22(29-17)24-21(27)19-5-4-14-28-19)20(16-6-8-23-9-7-16)26-12-10-25(2)11-13-26/h4-9,14-15,20H,3,10-13H2,1-2H3,(H,24,27)/t20-/m0/s1. The number of carbonyl (C=O) groups is 1. The van der Waals surface area contributed by atoms with Crippen molar-refractivity contribution in [3.05, 3.63) is 70.8 Å². The highest BCUT2D eigenvalue weighted by atomic mass is 32.1. The number of nitrogens with one attached hydrogen (secondary N) is 1. The van der Waals surface area contributed by atoms with Crippen LogP contribution in [0.4, 0.5) is 5.00 Å². The van der Waals surface area contributed by atoms with Gasteiger partial charge in [-0.05, 0) is 49.4 Å². The predicted octanol–water partition coefficient (Wildman–Crippen LogP) is 3.89. The summed E-state index contributed by atoms with van der Waals surface area (Å²) >= 11 is 1.65. The first-order valence-electron chi connectivity index (χ1n) is 9.95. The largest absolute Gasteiger partial charge is 0.459 e. The van der Waals surface area contributed by atoms with Gasteiger partial charge in [0.15, 0.2) is 5.76 Å². The van der Waals surface area contributed by atoms with Gasteiger partial charge in [-0.1, -0.05) is 6.92 Å². The van der Waals surface area contributed by atoms with Crippen LogP contribution in [0.5, 0.6) is 0 Å². The zero-order chi connectivity index (χ0) is 20.2. The summed E-state index contributed by atoms with van der Waals surface area (Å²) in [5.41, 5.74) is 2.33. The van der Waals surface area contributed by atoms with E-state index in [2.05, 4.69) is 52.3 Å².